The third kappa shape index (κ3) is 4.29. The Hall–Kier alpha value is -2.71. The summed E-state index contributed by atoms with van der Waals surface area (Å²) >= 11 is 1.35. The van der Waals surface area contributed by atoms with Crippen molar-refractivity contribution in [3.63, 3.8) is 0 Å². The van der Waals surface area contributed by atoms with Gasteiger partial charge in [0.2, 0.25) is 0 Å². The number of nitrogens with zero attached hydrogens (tertiary/aromatic N) is 3. The molecule has 1 unspecified atom stereocenters. The van der Waals surface area contributed by atoms with Crippen molar-refractivity contribution in [2.24, 2.45) is 0 Å². The van der Waals surface area contributed by atoms with Gasteiger partial charge in [0.05, 0.1) is 22.9 Å². The first-order valence-corrected chi connectivity index (χ1v) is 11.7. The summed E-state index contributed by atoms with van der Waals surface area (Å²) in [5.74, 6) is -0.214. The number of hydrogen-bond donors (Lipinski definition) is 1. The molecule has 8 heteroatoms. The van der Waals surface area contributed by atoms with Crippen molar-refractivity contribution < 1.29 is 14.3 Å². The molecule has 170 valence electrons. The number of thiazole rings is 1. The van der Waals surface area contributed by atoms with Gasteiger partial charge in [0.1, 0.15) is 0 Å². The van der Waals surface area contributed by atoms with Crippen LogP contribution in [-0.2, 0) is 10.3 Å². The smallest absolute Gasteiger partial charge is 0.257 e. The highest BCUT2D eigenvalue weighted by Gasteiger charge is 2.33. The normalized spacial score (nSPS) is 16.7. The third-order valence-corrected chi connectivity index (χ3v) is 6.82. The SMILES string of the molecule is COCC1CCCN1C(=O)c1cn(C(C)(C)C)c2nc(NC(=O)c3ccc(C)cc3)sc12. The Bertz CT molecular complexity index is 1140. The summed E-state index contributed by atoms with van der Waals surface area (Å²) in [6.07, 6.45) is 3.83. The maximum Gasteiger partial charge on any atom is 0.257 e. The Morgan fingerprint density at radius 3 is 2.62 bits per heavy atom. The molecule has 3 heterocycles. The zero-order valence-corrected chi connectivity index (χ0v) is 20.1. The number of carbonyl (C=O) groups excluding carboxylic acids is 2. The first-order chi connectivity index (χ1) is 15.2. The lowest BCUT2D eigenvalue weighted by Gasteiger charge is -2.24. The Balaban J connectivity index is 1.69. The van der Waals surface area contributed by atoms with E-state index >= 15 is 0 Å². The van der Waals surface area contributed by atoms with E-state index in [1.165, 1.54) is 11.3 Å². The van der Waals surface area contributed by atoms with Gasteiger partial charge in [-0.3, -0.25) is 14.9 Å². The molecule has 1 atom stereocenters. The number of amides is 2. The van der Waals surface area contributed by atoms with Crippen LogP contribution < -0.4 is 5.32 Å². The summed E-state index contributed by atoms with van der Waals surface area (Å²) in [7, 11) is 1.67. The maximum absolute atomic E-state index is 13.5. The fraction of sp³-hybridized carbons (Fsp3) is 0.458. The number of fused-ring (bicyclic) bond motifs is 1. The lowest BCUT2D eigenvalue weighted by atomic mass is 10.1. The fourth-order valence-electron chi connectivity index (χ4n) is 4.11. The van der Waals surface area contributed by atoms with Crippen LogP contribution in [0.5, 0.6) is 0 Å². The molecule has 1 saturated heterocycles. The van der Waals surface area contributed by atoms with E-state index in [1.54, 1.807) is 19.2 Å². The van der Waals surface area contributed by atoms with Gasteiger partial charge in [-0.15, -0.1) is 0 Å². The first kappa shape index (κ1) is 22.5. The molecule has 1 fully saturated rings. The number of aryl methyl sites for hydroxylation is 1. The van der Waals surface area contributed by atoms with Crippen LogP contribution in [0.4, 0.5) is 5.13 Å². The second kappa shape index (κ2) is 8.67. The molecule has 1 aliphatic rings. The summed E-state index contributed by atoms with van der Waals surface area (Å²) < 4.78 is 8.15. The van der Waals surface area contributed by atoms with Crippen LogP contribution in [0.1, 0.15) is 59.9 Å². The van der Waals surface area contributed by atoms with Crippen molar-refractivity contribution in [1.82, 2.24) is 14.5 Å². The number of hydrogen-bond acceptors (Lipinski definition) is 5. The van der Waals surface area contributed by atoms with E-state index in [1.807, 2.05) is 34.7 Å². The number of methoxy groups -OCH3 is 1. The Morgan fingerprint density at radius 2 is 1.97 bits per heavy atom. The predicted molar refractivity (Wildman–Crippen MR) is 128 cm³/mol. The second-order valence-electron chi connectivity index (χ2n) is 9.33. The van der Waals surface area contributed by atoms with E-state index in [-0.39, 0.29) is 23.4 Å². The summed E-state index contributed by atoms with van der Waals surface area (Å²) in [5.41, 5.74) is 2.75. The highest BCUT2D eigenvalue weighted by atomic mass is 32.1. The molecular formula is C24H30N4O3S. The van der Waals surface area contributed by atoms with E-state index in [2.05, 4.69) is 26.1 Å². The average molecular weight is 455 g/mol. The number of aromatic nitrogens is 2. The molecule has 1 N–H and O–H groups in total. The largest absolute Gasteiger partial charge is 0.383 e. The number of nitrogens with one attached hydrogen (secondary N) is 1. The summed E-state index contributed by atoms with van der Waals surface area (Å²) in [6.45, 7) is 9.48. The lowest BCUT2D eigenvalue weighted by Crippen LogP contribution is -2.38. The standard InChI is InChI=1S/C24H30N4O3S/c1-15-8-10-16(11-9-15)21(29)26-23-25-20-19(32-23)18(13-28(20)24(2,3)4)22(30)27-12-6-7-17(27)14-31-5/h8-11,13,17H,6-7,12,14H2,1-5H3,(H,25,26,29). The van der Waals surface area contributed by atoms with Gasteiger partial charge in [0.15, 0.2) is 10.8 Å². The van der Waals surface area contributed by atoms with E-state index in [0.29, 0.717) is 28.5 Å². The van der Waals surface area contributed by atoms with Crippen molar-refractivity contribution in [2.45, 2.75) is 52.1 Å². The molecule has 32 heavy (non-hydrogen) atoms. The molecular weight excluding hydrogens is 424 g/mol. The fourth-order valence-corrected chi connectivity index (χ4v) is 5.07. The molecule has 7 nitrogen and oxygen atoms in total. The molecule has 3 aromatic rings. The van der Waals surface area contributed by atoms with Gasteiger partial charge < -0.3 is 14.2 Å². The van der Waals surface area contributed by atoms with Gasteiger partial charge in [-0.2, -0.15) is 0 Å². The predicted octanol–water partition coefficient (Wildman–Crippen LogP) is 4.66. The van der Waals surface area contributed by atoms with Crippen molar-refractivity contribution >= 4 is 38.6 Å². The summed E-state index contributed by atoms with van der Waals surface area (Å²) in [4.78, 5) is 32.8. The monoisotopic (exact) mass is 454 g/mol. The van der Waals surface area contributed by atoms with Crippen molar-refractivity contribution in [3.05, 3.63) is 47.2 Å². The van der Waals surface area contributed by atoms with Crippen LogP contribution in [0, 0.1) is 6.92 Å². The van der Waals surface area contributed by atoms with Gasteiger partial charge in [0.25, 0.3) is 11.8 Å². The summed E-state index contributed by atoms with van der Waals surface area (Å²) in [6, 6.07) is 7.50. The topological polar surface area (TPSA) is 76.5 Å². The average Bonchev–Trinajstić information content (AvgIpc) is 3.42. The molecule has 0 spiro atoms. The molecule has 0 saturated carbocycles. The van der Waals surface area contributed by atoms with Gasteiger partial charge in [-0.25, -0.2) is 4.98 Å². The highest BCUT2D eigenvalue weighted by molar-refractivity contribution is 7.22. The highest BCUT2D eigenvalue weighted by Crippen LogP contribution is 2.36. The molecule has 4 rings (SSSR count). The molecule has 2 aromatic heterocycles. The minimum absolute atomic E-state index is 0.00221. The van der Waals surface area contributed by atoms with E-state index in [0.717, 1.165) is 29.6 Å². The zero-order valence-electron chi connectivity index (χ0n) is 19.3. The number of ether oxygens (including phenoxy) is 1. The van der Waals surface area contributed by atoms with Gasteiger partial charge >= 0.3 is 0 Å². The summed E-state index contributed by atoms with van der Waals surface area (Å²) in [5, 5.41) is 3.40. The van der Waals surface area contributed by atoms with Crippen molar-refractivity contribution in [3.8, 4) is 0 Å². The molecule has 2 amide bonds. The third-order valence-electron chi connectivity index (χ3n) is 5.82. The molecule has 0 radical (unpaired) electrons. The van der Waals surface area contributed by atoms with E-state index < -0.39 is 0 Å². The molecule has 1 aliphatic heterocycles. The van der Waals surface area contributed by atoms with Crippen molar-refractivity contribution in [1.29, 1.82) is 0 Å². The number of likely N-dealkylation sites (tertiary alicyclic amines) is 1. The van der Waals surface area contributed by atoms with Gasteiger partial charge in [-0.1, -0.05) is 29.0 Å². The van der Waals surface area contributed by atoms with Gasteiger partial charge in [0, 0.05) is 31.0 Å². The van der Waals surface area contributed by atoms with Crippen LogP contribution >= 0.6 is 11.3 Å². The van der Waals surface area contributed by atoms with E-state index in [9.17, 15) is 9.59 Å². The van der Waals surface area contributed by atoms with Crippen LogP contribution in [-0.4, -0.2) is 52.6 Å². The lowest BCUT2D eigenvalue weighted by molar-refractivity contribution is 0.0632. The number of benzene rings is 1. The first-order valence-electron chi connectivity index (χ1n) is 10.9. The van der Waals surface area contributed by atoms with Crippen molar-refractivity contribution in [2.75, 3.05) is 25.6 Å². The van der Waals surface area contributed by atoms with Gasteiger partial charge in [-0.05, 0) is 52.7 Å². The quantitative estimate of drug-likeness (QED) is 0.608. The number of carbonyl (C=O) groups is 2. The molecule has 0 bridgehead atoms. The maximum atomic E-state index is 13.5. The number of anilines is 1. The Morgan fingerprint density at radius 1 is 1.25 bits per heavy atom. The Kier molecular flexibility index (Phi) is 6.09. The van der Waals surface area contributed by atoms with Crippen LogP contribution in [0.2, 0.25) is 0 Å². The van der Waals surface area contributed by atoms with Crippen LogP contribution in [0.15, 0.2) is 30.5 Å². The molecule has 1 aromatic carbocycles. The van der Waals surface area contributed by atoms with Crippen LogP contribution in [0.3, 0.4) is 0 Å². The Labute approximate surface area is 192 Å². The second-order valence-corrected chi connectivity index (χ2v) is 10.3. The minimum Gasteiger partial charge on any atom is -0.383 e. The van der Waals surface area contributed by atoms with E-state index in [4.69, 9.17) is 9.72 Å². The molecule has 0 aliphatic carbocycles. The zero-order chi connectivity index (χ0) is 23.0. The number of rotatable bonds is 5. The minimum atomic E-state index is -0.264. The van der Waals surface area contributed by atoms with Crippen LogP contribution in [0.25, 0.3) is 10.3 Å².